The Hall–Kier alpha value is -4.25. The number of rotatable bonds is 1. The molecule has 0 bridgehead atoms. The average molecular weight is 506 g/mol. The minimum Gasteiger partial charge on any atom is -0.502 e. The van der Waals surface area contributed by atoms with E-state index in [1.54, 1.807) is 11.1 Å². The van der Waals surface area contributed by atoms with E-state index in [0.717, 1.165) is 17.7 Å². The van der Waals surface area contributed by atoms with E-state index in [2.05, 4.69) is 0 Å². The first-order valence-electron chi connectivity index (χ1n) is 11.9. The molecule has 0 saturated carbocycles. The van der Waals surface area contributed by atoms with Gasteiger partial charge in [-0.1, -0.05) is 24.3 Å². The van der Waals surface area contributed by atoms with Gasteiger partial charge in [-0.15, -0.1) is 0 Å². The summed E-state index contributed by atoms with van der Waals surface area (Å²) in [6, 6.07) is 8.30. The van der Waals surface area contributed by atoms with Crippen molar-refractivity contribution in [3.63, 3.8) is 0 Å². The van der Waals surface area contributed by atoms with Gasteiger partial charge in [0.25, 0.3) is 5.91 Å². The Kier molecular flexibility index (Phi) is 4.53. The molecule has 7 rings (SSSR count). The van der Waals surface area contributed by atoms with Gasteiger partial charge < -0.3 is 19.6 Å². The molecule has 3 aromatic rings. The average Bonchev–Trinajstić information content (AvgIpc) is 3.13. The second kappa shape index (κ2) is 7.62. The van der Waals surface area contributed by atoms with Crippen molar-refractivity contribution < 1.29 is 28.2 Å². The Bertz CT molecular complexity index is 1590. The highest BCUT2D eigenvalue weighted by Gasteiger charge is 2.48. The van der Waals surface area contributed by atoms with Crippen molar-refractivity contribution in [2.75, 3.05) is 29.7 Å². The molecule has 9 nitrogen and oxygen atoms in total. The molecule has 2 amide bonds. The largest absolute Gasteiger partial charge is 0.502 e. The molecular formula is C26H20F2N4O5. The van der Waals surface area contributed by atoms with Gasteiger partial charge >= 0.3 is 0 Å². The SMILES string of the molecule is O=C1Cc2cccc3c2N1Cc1c(ccc(F)c1F)[C@H]3N1[C@@H]2COCCN2C(=O)c2c(O)c(=O)ccn21. The van der Waals surface area contributed by atoms with Crippen molar-refractivity contribution in [2.45, 2.75) is 25.2 Å². The zero-order valence-corrected chi connectivity index (χ0v) is 19.4. The second-order valence-electron chi connectivity index (χ2n) is 9.50. The molecule has 4 aliphatic heterocycles. The summed E-state index contributed by atoms with van der Waals surface area (Å²) >= 11 is 0. The fraction of sp³-hybridized carbons (Fsp3) is 0.269. The lowest BCUT2D eigenvalue weighted by molar-refractivity contribution is -0.117. The van der Waals surface area contributed by atoms with Crippen LogP contribution in [0.1, 0.15) is 38.8 Å². The zero-order valence-electron chi connectivity index (χ0n) is 19.4. The fourth-order valence-corrected chi connectivity index (χ4v) is 6.02. The van der Waals surface area contributed by atoms with E-state index in [4.69, 9.17) is 4.74 Å². The third-order valence-corrected chi connectivity index (χ3v) is 7.64. The quantitative estimate of drug-likeness (QED) is 0.541. The standard InChI is InChI=1S/C26H20F2N4O5/c27-17-5-4-14-16(21(17)28)11-30-20(34)10-13-2-1-3-15(22(13)30)23(14)32-19-12-37-9-8-29(19)26(36)24-25(35)18(33)6-7-31(24)32/h1-7,19,23,35H,8-12H2/t19-,23-/m1/s1. The first-order valence-corrected chi connectivity index (χ1v) is 11.9. The molecule has 5 heterocycles. The van der Waals surface area contributed by atoms with Crippen LogP contribution in [0.25, 0.3) is 0 Å². The third kappa shape index (κ3) is 2.88. The minimum atomic E-state index is -1.05. The van der Waals surface area contributed by atoms with E-state index in [9.17, 15) is 23.9 Å². The summed E-state index contributed by atoms with van der Waals surface area (Å²) in [7, 11) is 0. The number of hydrogen-bond donors (Lipinski definition) is 1. The van der Waals surface area contributed by atoms with E-state index < -0.39 is 40.9 Å². The molecule has 2 aromatic carbocycles. The first-order chi connectivity index (χ1) is 17.9. The molecule has 188 valence electrons. The topological polar surface area (TPSA) is 95.3 Å². The molecule has 0 unspecified atom stereocenters. The number of para-hydroxylation sites is 1. The number of nitrogens with zero attached hydrogens (tertiary/aromatic N) is 4. The number of aromatic hydroxyl groups is 1. The van der Waals surface area contributed by atoms with E-state index in [1.807, 2.05) is 12.1 Å². The zero-order chi connectivity index (χ0) is 25.6. The van der Waals surface area contributed by atoms with Crippen molar-refractivity contribution in [3.8, 4) is 5.75 Å². The number of halogens is 2. The van der Waals surface area contributed by atoms with Gasteiger partial charge in [0.2, 0.25) is 11.3 Å². The minimum absolute atomic E-state index is 0.0226. The number of amides is 2. The third-order valence-electron chi connectivity index (χ3n) is 7.64. The van der Waals surface area contributed by atoms with Crippen LogP contribution in [0.15, 0.2) is 47.4 Å². The van der Waals surface area contributed by atoms with E-state index in [1.165, 1.54) is 26.7 Å². The van der Waals surface area contributed by atoms with Crippen molar-refractivity contribution in [1.82, 2.24) is 9.58 Å². The number of carbonyl (C=O) groups is 2. The Balaban J connectivity index is 1.57. The molecule has 1 aromatic heterocycles. The summed E-state index contributed by atoms with van der Waals surface area (Å²) in [5.41, 5.74) is 1.51. The van der Waals surface area contributed by atoms with Crippen LogP contribution in [0, 0.1) is 11.6 Å². The van der Waals surface area contributed by atoms with E-state index in [0.29, 0.717) is 16.8 Å². The van der Waals surface area contributed by atoms with Gasteiger partial charge in [0.1, 0.15) is 12.2 Å². The first kappa shape index (κ1) is 22.0. The molecule has 4 aliphatic rings. The lowest BCUT2D eigenvalue weighted by Crippen LogP contribution is -2.66. The van der Waals surface area contributed by atoms with Crippen molar-refractivity contribution in [2.24, 2.45) is 0 Å². The fourth-order valence-electron chi connectivity index (χ4n) is 6.02. The number of benzene rings is 2. The molecule has 0 spiro atoms. The van der Waals surface area contributed by atoms with Crippen LogP contribution >= 0.6 is 0 Å². The highest BCUT2D eigenvalue weighted by Crippen LogP contribution is 2.47. The lowest BCUT2D eigenvalue weighted by atomic mass is 9.91. The van der Waals surface area contributed by atoms with Gasteiger partial charge in [-0.25, -0.2) is 8.78 Å². The molecule has 2 atom stereocenters. The van der Waals surface area contributed by atoms with Gasteiger partial charge in [-0.2, -0.15) is 0 Å². The van der Waals surface area contributed by atoms with Crippen molar-refractivity contribution in [3.05, 3.63) is 92.4 Å². The number of aromatic nitrogens is 1. The van der Waals surface area contributed by atoms with Gasteiger partial charge in [-0.05, 0) is 17.2 Å². The Morgan fingerprint density at radius 1 is 1.03 bits per heavy atom. The maximum absolute atomic E-state index is 15.4. The maximum Gasteiger partial charge on any atom is 0.278 e. The molecule has 0 radical (unpaired) electrons. The predicted molar refractivity (Wildman–Crippen MR) is 126 cm³/mol. The number of morpholine rings is 1. The summed E-state index contributed by atoms with van der Waals surface area (Å²) in [6.45, 7) is 0.416. The number of fused-ring (bicyclic) bond motifs is 3. The van der Waals surface area contributed by atoms with Gasteiger partial charge in [-0.3, -0.25) is 24.1 Å². The van der Waals surface area contributed by atoms with E-state index in [-0.39, 0.29) is 49.9 Å². The van der Waals surface area contributed by atoms with Gasteiger partial charge in [0.15, 0.2) is 23.1 Å². The summed E-state index contributed by atoms with van der Waals surface area (Å²) in [6.07, 6.45) is 0.822. The predicted octanol–water partition coefficient (Wildman–Crippen LogP) is 1.77. The molecule has 1 N–H and O–H groups in total. The molecule has 1 fully saturated rings. The summed E-state index contributed by atoms with van der Waals surface area (Å²) in [5.74, 6) is -3.54. The number of hydrogen-bond acceptors (Lipinski definition) is 6. The summed E-state index contributed by atoms with van der Waals surface area (Å²) in [5, 5.41) is 12.4. The highest BCUT2D eigenvalue weighted by molar-refractivity contribution is 6.03. The number of ether oxygens (including phenoxy) is 1. The van der Waals surface area contributed by atoms with Crippen LogP contribution in [0.5, 0.6) is 5.75 Å². The van der Waals surface area contributed by atoms with Gasteiger partial charge in [0.05, 0.1) is 31.9 Å². The van der Waals surface area contributed by atoms with Crippen LogP contribution in [0.2, 0.25) is 0 Å². The molecule has 11 heteroatoms. The summed E-state index contributed by atoms with van der Waals surface area (Å²) in [4.78, 5) is 41.7. The normalized spacial score (nSPS) is 21.8. The Labute approximate surface area is 208 Å². The monoisotopic (exact) mass is 506 g/mol. The van der Waals surface area contributed by atoms with Crippen molar-refractivity contribution >= 4 is 17.5 Å². The highest BCUT2D eigenvalue weighted by atomic mass is 19.2. The lowest BCUT2D eigenvalue weighted by Gasteiger charge is -2.51. The van der Waals surface area contributed by atoms with Crippen LogP contribution in [0.4, 0.5) is 14.5 Å². The van der Waals surface area contributed by atoms with Crippen LogP contribution < -0.4 is 15.3 Å². The van der Waals surface area contributed by atoms with Crippen LogP contribution in [-0.2, 0) is 22.5 Å². The van der Waals surface area contributed by atoms with Crippen molar-refractivity contribution in [1.29, 1.82) is 0 Å². The smallest absolute Gasteiger partial charge is 0.278 e. The van der Waals surface area contributed by atoms with Crippen LogP contribution in [0.3, 0.4) is 0 Å². The van der Waals surface area contributed by atoms with Gasteiger partial charge in [0, 0.05) is 29.9 Å². The van der Waals surface area contributed by atoms with Crippen LogP contribution in [-0.4, -0.2) is 52.4 Å². The maximum atomic E-state index is 15.4. The molecule has 1 saturated heterocycles. The number of pyridine rings is 1. The van der Waals surface area contributed by atoms with E-state index >= 15 is 4.39 Å². The Morgan fingerprint density at radius 2 is 1.86 bits per heavy atom. The number of anilines is 1. The molecule has 0 aliphatic carbocycles. The molecular weight excluding hydrogens is 486 g/mol. The molecule has 37 heavy (non-hydrogen) atoms. The number of carbonyl (C=O) groups excluding carboxylic acids is 2. The summed E-state index contributed by atoms with van der Waals surface area (Å²) < 4.78 is 37.0. The second-order valence-corrected chi connectivity index (χ2v) is 9.50. The Morgan fingerprint density at radius 3 is 2.70 bits per heavy atom.